The monoisotopic (exact) mass is 264 g/mol. The number of nitrogens with zero attached hydrogens (tertiary/aromatic N) is 2. The molecule has 0 aromatic heterocycles. The number of benzene rings is 1. The molecule has 0 spiro atoms. The topological polar surface area (TPSA) is 83.7 Å². The average Bonchev–Trinajstić information content (AvgIpc) is 2.34. The van der Waals surface area contributed by atoms with E-state index < -0.39 is 10.5 Å². The molecule has 6 nitrogen and oxygen atoms in total. The third kappa shape index (κ3) is 2.44. The molecular weight excluding hydrogens is 248 g/mol. The zero-order valence-electron chi connectivity index (χ0n) is 10.9. The molecule has 0 radical (unpaired) electrons. The van der Waals surface area contributed by atoms with Gasteiger partial charge in [0.25, 0.3) is 11.6 Å². The largest absolute Gasteiger partial charge is 0.386 e. The van der Waals surface area contributed by atoms with Gasteiger partial charge in [-0.2, -0.15) is 0 Å². The molecular formula is C13H16N2O4. The van der Waals surface area contributed by atoms with Crippen LogP contribution in [0.4, 0.5) is 5.69 Å². The highest BCUT2D eigenvalue weighted by atomic mass is 16.6. The van der Waals surface area contributed by atoms with E-state index >= 15 is 0 Å². The van der Waals surface area contributed by atoms with Gasteiger partial charge >= 0.3 is 0 Å². The highest BCUT2D eigenvalue weighted by Crippen LogP contribution is 2.30. The Balaban J connectivity index is 2.10. The van der Waals surface area contributed by atoms with Crippen LogP contribution in [0.3, 0.4) is 0 Å². The van der Waals surface area contributed by atoms with E-state index in [4.69, 9.17) is 0 Å². The molecule has 0 unspecified atom stereocenters. The van der Waals surface area contributed by atoms with E-state index in [9.17, 15) is 20.0 Å². The molecule has 1 N–H and O–H groups in total. The Kier molecular flexibility index (Phi) is 3.28. The van der Waals surface area contributed by atoms with Crippen LogP contribution in [0.2, 0.25) is 0 Å². The van der Waals surface area contributed by atoms with Gasteiger partial charge in [-0.05, 0) is 12.0 Å². The van der Waals surface area contributed by atoms with E-state index in [1.807, 2.05) is 13.8 Å². The van der Waals surface area contributed by atoms with Crippen molar-refractivity contribution in [2.75, 3.05) is 13.1 Å². The normalized spacial score (nSPS) is 17.2. The third-order valence-corrected chi connectivity index (χ3v) is 3.60. The molecule has 1 saturated heterocycles. The molecule has 6 heteroatoms. The Morgan fingerprint density at radius 2 is 2.11 bits per heavy atom. The second-order valence-electron chi connectivity index (χ2n) is 5.23. The van der Waals surface area contributed by atoms with Gasteiger partial charge in [-0.3, -0.25) is 14.9 Å². The Hall–Kier alpha value is -1.95. The summed E-state index contributed by atoms with van der Waals surface area (Å²) in [4.78, 5) is 23.7. The van der Waals surface area contributed by atoms with Crippen molar-refractivity contribution in [3.05, 3.63) is 39.9 Å². The molecule has 0 bridgehead atoms. The van der Waals surface area contributed by atoms with Crippen LogP contribution in [0.1, 0.15) is 24.2 Å². The minimum Gasteiger partial charge on any atom is -0.386 e. The van der Waals surface area contributed by atoms with Gasteiger partial charge in [-0.25, -0.2) is 0 Å². The summed E-state index contributed by atoms with van der Waals surface area (Å²) in [6, 6.07) is 5.63. The van der Waals surface area contributed by atoms with Gasteiger partial charge in [0.2, 0.25) is 0 Å². The molecule has 1 heterocycles. The number of carbonyl (C=O) groups is 1. The summed E-state index contributed by atoms with van der Waals surface area (Å²) in [7, 11) is 0. The minimum atomic E-state index is -0.837. The van der Waals surface area contributed by atoms with Crippen LogP contribution in [0.25, 0.3) is 0 Å². The fourth-order valence-corrected chi connectivity index (χ4v) is 2.06. The number of likely N-dealkylation sites (tertiary alicyclic amines) is 1. The number of non-ortho nitro benzene ring substituents is 1. The second kappa shape index (κ2) is 4.62. The van der Waals surface area contributed by atoms with Crippen molar-refractivity contribution < 1.29 is 14.8 Å². The molecule has 0 saturated carbocycles. The molecule has 1 aromatic carbocycles. The second-order valence-corrected chi connectivity index (χ2v) is 5.23. The third-order valence-electron chi connectivity index (χ3n) is 3.60. The van der Waals surface area contributed by atoms with Gasteiger partial charge in [0.05, 0.1) is 18.0 Å². The van der Waals surface area contributed by atoms with Crippen LogP contribution in [-0.4, -0.2) is 39.5 Å². The summed E-state index contributed by atoms with van der Waals surface area (Å²) >= 11 is 0. The average molecular weight is 264 g/mol. The van der Waals surface area contributed by atoms with E-state index in [-0.39, 0.29) is 36.2 Å². The zero-order valence-corrected chi connectivity index (χ0v) is 10.9. The van der Waals surface area contributed by atoms with Crippen molar-refractivity contribution in [1.29, 1.82) is 0 Å². The number of carbonyl (C=O) groups excluding carboxylic acids is 1. The number of amides is 1. The van der Waals surface area contributed by atoms with Crippen LogP contribution in [0.15, 0.2) is 24.3 Å². The highest BCUT2D eigenvalue weighted by Gasteiger charge is 2.45. The van der Waals surface area contributed by atoms with Crippen LogP contribution < -0.4 is 0 Å². The molecule has 1 aliphatic heterocycles. The van der Waals surface area contributed by atoms with Crippen molar-refractivity contribution in [3.8, 4) is 0 Å². The SMILES string of the molecule is CC(C)C1(O)CN(C(=O)c2cccc([N+](=O)[O-])c2)C1. The molecule has 0 aliphatic carbocycles. The predicted octanol–water partition coefficient (Wildman–Crippen LogP) is 1.44. The highest BCUT2D eigenvalue weighted by molar-refractivity contribution is 5.95. The fraction of sp³-hybridized carbons (Fsp3) is 0.462. The van der Waals surface area contributed by atoms with Gasteiger partial charge in [0.15, 0.2) is 0 Å². The first-order valence-electron chi connectivity index (χ1n) is 6.09. The molecule has 0 atom stereocenters. The first-order valence-corrected chi connectivity index (χ1v) is 6.09. The first-order chi connectivity index (χ1) is 8.83. The smallest absolute Gasteiger partial charge is 0.270 e. The van der Waals surface area contributed by atoms with Crippen molar-refractivity contribution >= 4 is 11.6 Å². The lowest BCUT2D eigenvalue weighted by Crippen LogP contribution is -2.65. The molecule has 2 rings (SSSR count). The van der Waals surface area contributed by atoms with Crippen LogP contribution >= 0.6 is 0 Å². The fourth-order valence-electron chi connectivity index (χ4n) is 2.06. The number of nitro groups is 1. The van der Waals surface area contributed by atoms with Gasteiger partial charge < -0.3 is 10.0 Å². The van der Waals surface area contributed by atoms with Gasteiger partial charge in [-0.1, -0.05) is 19.9 Å². The van der Waals surface area contributed by atoms with E-state index in [1.54, 1.807) is 6.07 Å². The predicted molar refractivity (Wildman–Crippen MR) is 68.8 cm³/mol. The van der Waals surface area contributed by atoms with E-state index in [0.717, 1.165) is 0 Å². The van der Waals surface area contributed by atoms with Gasteiger partial charge in [0.1, 0.15) is 5.60 Å². The summed E-state index contributed by atoms with van der Waals surface area (Å²) in [6.45, 7) is 4.34. The molecule has 102 valence electrons. The van der Waals surface area contributed by atoms with E-state index in [1.165, 1.54) is 23.1 Å². The van der Waals surface area contributed by atoms with Crippen LogP contribution in [-0.2, 0) is 0 Å². The number of nitro benzene ring substituents is 1. The minimum absolute atomic E-state index is 0.0710. The van der Waals surface area contributed by atoms with Gasteiger partial charge in [-0.15, -0.1) is 0 Å². The van der Waals surface area contributed by atoms with Crippen molar-refractivity contribution in [2.45, 2.75) is 19.4 Å². The molecule has 1 aromatic rings. The maximum atomic E-state index is 12.1. The number of aliphatic hydroxyl groups is 1. The van der Waals surface area contributed by atoms with Crippen LogP contribution in [0, 0.1) is 16.0 Å². The van der Waals surface area contributed by atoms with Crippen LogP contribution in [0.5, 0.6) is 0 Å². The quantitative estimate of drug-likeness (QED) is 0.661. The van der Waals surface area contributed by atoms with E-state index in [2.05, 4.69) is 0 Å². The number of rotatable bonds is 3. The molecule has 1 aliphatic rings. The maximum absolute atomic E-state index is 12.1. The maximum Gasteiger partial charge on any atom is 0.270 e. The summed E-state index contributed by atoms with van der Waals surface area (Å²) in [6.07, 6.45) is 0. The summed E-state index contributed by atoms with van der Waals surface area (Å²) in [5, 5.41) is 20.8. The van der Waals surface area contributed by atoms with E-state index in [0.29, 0.717) is 0 Å². The molecule has 19 heavy (non-hydrogen) atoms. The Morgan fingerprint density at radius 3 is 2.63 bits per heavy atom. The summed E-state index contributed by atoms with van der Waals surface area (Å²) in [5.74, 6) is -0.212. The lowest BCUT2D eigenvalue weighted by molar-refractivity contribution is -0.384. The van der Waals surface area contributed by atoms with Crippen molar-refractivity contribution in [2.24, 2.45) is 5.92 Å². The lowest BCUT2D eigenvalue weighted by Gasteiger charge is -2.49. The lowest BCUT2D eigenvalue weighted by atomic mass is 9.82. The standard InChI is InChI=1S/C13H16N2O4/c1-9(2)13(17)7-14(8-13)12(16)10-4-3-5-11(6-10)15(18)19/h3-6,9,17H,7-8H2,1-2H3. The zero-order chi connectivity index (χ0) is 14.2. The number of hydrogen-bond donors (Lipinski definition) is 1. The summed E-state index contributed by atoms with van der Waals surface area (Å²) < 4.78 is 0. The Labute approximate surface area is 110 Å². The first kappa shape index (κ1) is 13.5. The van der Waals surface area contributed by atoms with Crippen molar-refractivity contribution in [3.63, 3.8) is 0 Å². The number of hydrogen-bond acceptors (Lipinski definition) is 4. The Morgan fingerprint density at radius 1 is 1.47 bits per heavy atom. The molecule has 1 amide bonds. The summed E-state index contributed by atoms with van der Waals surface area (Å²) in [5.41, 5.74) is -0.665. The Bertz CT molecular complexity index is 521. The van der Waals surface area contributed by atoms with Crippen molar-refractivity contribution in [1.82, 2.24) is 4.90 Å². The number of β-amino-alcohol motifs (C(OH)–C–C–N with tert-alkyl or cyclic N) is 1. The van der Waals surface area contributed by atoms with Gasteiger partial charge in [0, 0.05) is 17.7 Å². The molecule has 1 fully saturated rings.